The molecule has 4 nitrogen and oxygen atoms in total. The lowest BCUT2D eigenvalue weighted by molar-refractivity contribution is 0.621. The predicted molar refractivity (Wildman–Crippen MR) is 78.8 cm³/mol. The number of aryl methyl sites for hydroxylation is 1. The Kier molecular flexibility index (Phi) is 3.74. The lowest BCUT2D eigenvalue weighted by atomic mass is 10.2. The lowest BCUT2D eigenvalue weighted by Crippen LogP contribution is -2.05. The van der Waals surface area contributed by atoms with Gasteiger partial charge in [-0.2, -0.15) is 5.10 Å². The fourth-order valence-electron chi connectivity index (χ4n) is 1.62. The number of nitrogens with two attached hydrogens (primary N) is 1. The Morgan fingerprint density at radius 1 is 1.50 bits per heavy atom. The minimum Gasteiger partial charge on any atom is -0.397 e. The van der Waals surface area contributed by atoms with Crippen LogP contribution >= 0.6 is 22.6 Å². The van der Waals surface area contributed by atoms with Gasteiger partial charge in [-0.25, -0.2) is 4.39 Å². The molecule has 0 fully saturated rings. The molecule has 0 saturated carbocycles. The van der Waals surface area contributed by atoms with E-state index in [1.54, 1.807) is 16.9 Å². The summed E-state index contributed by atoms with van der Waals surface area (Å²) >= 11 is 1.92. The summed E-state index contributed by atoms with van der Waals surface area (Å²) in [6.07, 6.45) is 1.79. The summed E-state index contributed by atoms with van der Waals surface area (Å²) in [5.41, 5.74) is 9.14. The van der Waals surface area contributed by atoms with Gasteiger partial charge in [0, 0.05) is 30.9 Å². The highest BCUT2D eigenvalue weighted by Crippen LogP contribution is 2.24. The van der Waals surface area contributed by atoms with E-state index in [0.29, 0.717) is 21.5 Å². The van der Waals surface area contributed by atoms with Crippen molar-refractivity contribution in [1.82, 2.24) is 9.78 Å². The number of aromatic nitrogens is 2. The minimum absolute atomic E-state index is 0.268. The van der Waals surface area contributed by atoms with Crippen LogP contribution in [0.5, 0.6) is 0 Å². The van der Waals surface area contributed by atoms with Gasteiger partial charge in [0.2, 0.25) is 0 Å². The van der Waals surface area contributed by atoms with Crippen molar-refractivity contribution in [3.63, 3.8) is 0 Å². The van der Waals surface area contributed by atoms with Crippen molar-refractivity contribution >= 4 is 34.0 Å². The van der Waals surface area contributed by atoms with Crippen LogP contribution in [0.3, 0.4) is 0 Å². The Labute approximate surface area is 119 Å². The first-order valence-corrected chi connectivity index (χ1v) is 6.52. The van der Waals surface area contributed by atoms with Crippen molar-refractivity contribution < 1.29 is 4.39 Å². The number of nitrogens with one attached hydrogen (secondary N) is 1. The minimum atomic E-state index is -0.268. The average molecular weight is 360 g/mol. The second-order valence-corrected chi connectivity index (χ2v) is 5.25. The molecule has 3 N–H and O–H groups in total. The topological polar surface area (TPSA) is 55.9 Å². The van der Waals surface area contributed by atoms with E-state index in [4.69, 9.17) is 5.73 Å². The van der Waals surface area contributed by atoms with Crippen LogP contribution in [-0.4, -0.2) is 9.78 Å². The standard InChI is InChI=1S/C12H14FIN4/c1-7-8(6-17-18(7)2)5-16-12-3-9(13)10(14)4-11(12)15/h3-4,6,16H,5,15H2,1-2H3. The van der Waals surface area contributed by atoms with E-state index in [-0.39, 0.29) is 5.82 Å². The average Bonchev–Trinajstić information content (AvgIpc) is 2.63. The van der Waals surface area contributed by atoms with E-state index < -0.39 is 0 Å². The van der Waals surface area contributed by atoms with Gasteiger partial charge in [0.1, 0.15) is 5.82 Å². The zero-order valence-corrected chi connectivity index (χ0v) is 12.3. The summed E-state index contributed by atoms with van der Waals surface area (Å²) in [4.78, 5) is 0. The van der Waals surface area contributed by atoms with Crippen molar-refractivity contribution in [1.29, 1.82) is 0 Å². The molecular formula is C12H14FIN4. The maximum atomic E-state index is 13.4. The molecule has 0 saturated heterocycles. The molecular weight excluding hydrogens is 346 g/mol. The summed E-state index contributed by atoms with van der Waals surface area (Å²) < 4.78 is 15.8. The molecule has 2 rings (SSSR count). The summed E-state index contributed by atoms with van der Waals surface area (Å²) in [5.74, 6) is -0.268. The summed E-state index contributed by atoms with van der Waals surface area (Å²) in [6.45, 7) is 2.56. The Hall–Kier alpha value is -1.31. The van der Waals surface area contributed by atoms with Crippen LogP contribution in [0.25, 0.3) is 0 Å². The molecule has 96 valence electrons. The van der Waals surface area contributed by atoms with E-state index in [0.717, 1.165) is 11.3 Å². The van der Waals surface area contributed by atoms with Crippen molar-refractivity contribution in [3.8, 4) is 0 Å². The van der Waals surface area contributed by atoms with E-state index in [1.807, 2.05) is 36.6 Å². The fourth-order valence-corrected chi connectivity index (χ4v) is 2.11. The molecule has 0 aliphatic rings. The molecule has 0 radical (unpaired) electrons. The fraction of sp³-hybridized carbons (Fsp3) is 0.250. The van der Waals surface area contributed by atoms with Crippen LogP contribution in [0.2, 0.25) is 0 Å². The van der Waals surface area contributed by atoms with Crippen LogP contribution in [0.4, 0.5) is 15.8 Å². The molecule has 6 heteroatoms. The monoisotopic (exact) mass is 360 g/mol. The molecule has 0 aliphatic heterocycles. The number of hydrogen-bond donors (Lipinski definition) is 2. The number of nitrogens with zero attached hydrogens (tertiary/aromatic N) is 2. The van der Waals surface area contributed by atoms with Crippen molar-refractivity contribution in [3.05, 3.63) is 39.0 Å². The number of benzene rings is 1. The molecule has 0 amide bonds. The Morgan fingerprint density at radius 2 is 2.22 bits per heavy atom. The van der Waals surface area contributed by atoms with Crippen LogP contribution in [-0.2, 0) is 13.6 Å². The smallest absolute Gasteiger partial charge is 0.138 e. The summed E-state index contributed by atoms with van der Waals surface area (Å²) in [6, 6.07) is 3.04. The lowest BCUT2D eigenvalue weighted by Gasteiger charge is -2.10. The van der Waals surface area contributed by atoms with Crippen molar-refractivity contribution in [2.75, 3.05) is 11.1 Å². The van der Waals surface area contributed by atoms with E-state index in [9.17, 15) is 4.39 Å². The highest BCUT2D eigenvalue weighted by Gasteiger charge is 2.07. The molecule has 0 atom stereocenters. The van der Waals surface area contributed by atoms with Gasteiger partial charge in [0.15, 0.2) is 0 Å². The van der Waals surface area contributed by atoms with Gasteiger partial charge in [-0.15, -0.1) is 0 Å². The Balaban J connectivity index is 2.16. The Morgan fingerprint density at radius 3 is 2.83 bits per heavy atom. The number of hydrogen-bond acceptors (Lipinski definition) is 3. The number of rotatable bonds is 3. The molecule has 2 aromatic rings. The maximum Gasteiger partial charge on any atom is 0.138 e. The van der Waals surface area contributed by atoms with Gasteiger partial charge in [0.25, 0.3) is 0 Å². The third-order valence-corrected chi connectivity index (χ3v) is 3.73. The van der Waals surface area contributed by atoms with Gasteiger partial charge >= 0.3 is 0 Å². The SMILES string of the molecule is Cc1c(CNc2cc(F)c(I)cc2N)cnn1C. The summed E-state index contributed by atoms with van der Waals surface area (Å²) in [5, 5.41) is 7.28. The summed E-state index contributed by atoms with van der Waals surface area (Å²) in [7, 11) is 1.89. The number of anilines is 2. The Bertz CT molecular complexity index is 580. The van der Waals surface area contributed by atoms with Crippen LogP contribution in [0.15, 0.2) is 18.3 Å². The number of nitrogen functional groups attached to an aromatic ring is 1. The highest BCUT2D eigenvalue weighted by molar-refractivity contribution is 14.1. The first kappa shape index (κ1) is 13.1. The first-order chi connectivity index (χ1) is 8.49. The largest absolute Gasteiger partial charge is 0.397 e. The quantitative estimate of drug-likeness (QED) is 0.654. The molecule has 0 aliphatic carbocycles. The van der Waals surface area contributed by atoms with Crippen LogP contribution in [0.1, 0.15) is 11.3 Å². The van der Waals surface area contributed by atoms with E-state index in [2.05, 4.69) is 10.4 Å². The van der Waals surface area contributed by atoms with Gasteiger partial charge in [-0.3, -0.25) is 4.68 Å². The van der Waals surface area contributed by atoms with Crippen LogP contribution in [0, 0.1) is 16.3 Å². The molecule has 1 aromatic carbocycles. The van der Waals surface area contributed by atoms with E-state index in [1.165, 1.54) is 6.07 Å². The van der Waals surface area contributed by atoms with Gasteiger partial charge in [-0.1, -0.05) is 0 Å². The third kappa shape index (κ3) is 2.58. The molecule has 0 unspecified atom stereocenters. The van der Waals surface area contributed by atoms with Crippen molar-refractivity contribution in [2.24, 2.45) is 7.05 Å². The molecule has 1 aromatic heterocycles. The second-order valence-electron chi connectivity index (χ2n) is 4.09. The van der Waals surface area contributed by atoms with E-state index >= 15 is 0 Å². The zero-order chi connectivity index (χ0) is 13.3. The molecule has 1 heterocycles. The first-order valence-electron chi connectivity index (χ1n) is 5.45. The maximum absolute atomic E-state index is 13.4. The van der Waals surface area contributed by atoms with Crippen molar-refractivity contribution in [2.45, 2.75) is 13.5 Å². The normalized spacial score (nSPS) is 10.7. The molecule has 0 bridgehead atoms. The zero-order valence-electron chi connectivity index (χ0n) is 10.2. The predicted octanol–water partition coefficient (Wildman–Crippen LogP) is 2.67. The van der Waals surface area contributed by atoms with Gasteiger partial charge in [0.05, 0.1) is 21.1 Å². The highest BCUT2D eigenvalue weighted by atomic mass is 127. The second kappa shape index (κ2) is 5.13. The molecule has 0 spiro atoms. The van der Waals surface area contributed by atoms with Crippen LogP contribution < -0.4 is 11.1 Å². The number of halogens is 2. The van der Waals surface area contributed by atoms with Gasteiger partial charge in [-0.05, 0) is 35.6 Å². The molecule has 18 heavy (non-hydrogen) atoms. The van der Waals surface area contributed by atoms with Gasteiger partial charge < -0.3 is 11.1 Å². The third-order valence-electron chi connectivity index (χ3n) is 2.90.